The van der Waals surface area contributed by atoms with Crippen LogP contribution in [0, 0.1) is 11.3 Å². The van der Waals surface area contributed by atoms with E-state index in [1.54, 1.807) is 0 Å². The molecule has 3 heteroatoms. The van der Waals surface area contributed by atoms with Gasteiger partial charge in [-0.2, -0.15) is 5.26 Å². The van der Waals surface area contributed by atoms with E-state index in [1.165, 1.54) is 27.8 Å². The highest BCUT2D eigenvalue weighted by molar-refractivity contribution is 6.17. The summed E-state index contributed by atoms with van der Waals surface area (Å²) in [6.45, 7) is 0. The van der Waals surface area contributed by atoms with Crippen LogP contribution in [0.1, 0.15) is 23.2 Å². The molecule has 0 aliphatic heterocycles. The van der Waals surface area contributed by atoms with Crippen molar-refractivity contribution >= 4 is 38.8 Å². The second kappa shape index (κ2) is 8.86. The van der Waals surface area contributed by atoms with Gasteiger partial charge in [0.25, 0.3) is 0 Å². The minimum atomic E-state index is 0.694. The summed E-state index contributed by atoms with van der Waals surface area (Å²) in [6, 6.07) is 42.9. The van der Waals surface area contributed by atoms with Gasteiger partial charge in [-0.1, -0.05) is 66.7 Å². The van der Waals surface area contributed by atoms with Gasteiger partial charge in [-0.15, -0.1) is 0 Å². The Kier molecular flexibility index (Phi) is 5.02. The summed E-state index contributed by atoms with van der Waals surface area (Å²) in [5.74, 6) is 0. The molecule has 188 valence electrons. The SMILES string of the molecule is N#Cc1ccc2c(c1-c1ccc3c(c1)c1c(n3-c3ccccc3)C=CCC1)c1ccccc1n2-c1ccccc1. The lowest BCUT2D eigenvalue weighted by Crippen LogP contribution is -1.99. The number of benzene rings is 5. The first-order valence-electron chi connectivity index (χ1n) is 13.7. The molecule has 8 rings (SSSR count). The third kappa shape index (κ3) is 3.23. The quantitative estimate of drug-likeness (QED) is 0.233. The average molecular weight is 512 g/mol. The first-order chi connectivity index (χ1) is 19.8. The van der Waals surface area contributed by atoms with Gasteiger partial charge in [0.2, 0.25) is 0 Å². The zero-order valence-corrected chi connectivity index (χ0v) is 21.9. The maximum atomic E-state index is 10.3. The molecule has 0 spiro atoms. The first kappa shape index (κ1) is 22.6. The van der Waals surface area contributed by atoms with Crippen molar-refractivity contribution in [1.82, 2.24) is 9.13 Å². The summed E-state index contributed by atoms with van der Waals surface area (Å²) in [5, 5.41) is 13.9. The van der Waals surface area contributed by atoms with Crippen molar-refractivity contribution in [2.24, 2.45) is 0 Å². The van der Waals surface area contributed by atoms with Gasteiger partial charge in [0.15, 0.2) is 0 Å². The summed E-state index contributed by atoms with van der Waals surface area (Å²) in [7, 11) is 0. The predicted molar refractivity (Wildman–Crippen MR) is 165 cm³/mol. The molecule has 2 heterocycles. The molecular formula is C37H25N3. The molecule has 0 saturated carbocycles. The summed E-state index contributed by atoms with van der Waals surface area (Å²) in [6.07, 6.45) is 6.58. The first-order valence-corrected chi connectivity index (χ1v) is 13.7. The standard InChI is InChI=1S/C37H25N3/c38-24-26-20-22-35-37(30-16-8-10-18-33(30)40(35)28-13-5-2-6-14-28)36(26)25-19-21-34-31(23-25)29-15-7-9-17-32(29)39(34)27-11-3-1-4-12-27/h1-6,8-14,16-23H,7,15H2. The van der Waals surface area contributed by atoms with Crippen molar-refractivity contribution in [3.8, 4) is 28.6 Å². The van der Waals surface area contributed by atoms with Crippen LogP contribution in [0.15, 0.2) is 121 Å². The number of aromatic nitrogens is 2. The van der Waals surface area contributed by atoms with E-state index < -0.39 is 0 Å². The van der Waals surface area contributed by atoms with E-state index in [2.05, 4.69) is 130 Å². The zero-order valence-electron chi connectivity index (χ0n) is 21.9. The Bertz CT molecular complexity index is 2150. The maximum Gasteiger partial charge on any atom is 0.0998 e. The molecule has 3 nitrogen and oxygen atoms in total. The van der Waals surface area contributed by atoms with E-state index in [0.717, 1.165) is 51.5 Å². The molecule has 7 aromatic rings. The van der Waals surface area contributed by atoms with Crippen LogP contribution >= 0.6 is 0 Å². The van der Waals surface area contributed by atoms with Crippen molar-refractivity contribution in [1.29, 1.82) is 5.26 Å². The van der Waals surface area contributed by atoms with Crippen molar-refractivity contribution in [2.75, 3.05) is 0 Å². The Morgan fingerprint density at radius 1 is 0.625 bits per heavy atom. The highest BCUT2D eigenvalue weighted by Crippen LogP contribution is 2.42. The molecule has 0 unspecified atom stereocenters. The average Bonchev–Trinajstić information content (AvgIpc) is 3.54. The van der Waals surface area contributed by atoms with Crippen molar-refractivity contribution in [3.05, 3.63) is 138 Å². The van der Waals surface area contributed by atoms with Gasteiger partial charge >= 0.3 is 0 Å². The van der Waals surface area contributed by atoms with Crippen LogP contribution in [0.3, 0.4) is 0 Å². The smallest absolute Gasteiger partial charge is 0.0998 e. The Morgan fingerprint density at radius 2 is 1.30 bits per heavy atom. The molecule has 2 aromatic heterocycles. The van der Waals surface area contributed by atoms with Crippen molar-refractivity contribution in [3.63, 3.8) is 0 Å². The van der Waals surface area contributed by atoms with Crippen LogP contribution in [0.2, 0.25) is 0 Å². The Morgan fingerprint density at radius 3 is 2.08 bits per heavy atom. The van der Waals surface area contributed by atoms with Gasteiger partial charge in [0.05, 0.1) is 28.2 Å². The number of aryl methyl sites for hydroxylation is 1. The predicted octanol–water partition coefficient (Wildman–Crippen LogP) is 9.23. The number of fused-ring (bicyclic) bond motifs is 6. The lowest BCUT2D eigenvalue weighted by atomic mass is 9.92. The molecule has 0 atom stereocenters. The van der Waals surface area contributed by atoms with E-state index in [1.807, 2.05) is 12.1 Å². The molecule has 5 aromatic carbocycles. The monoisotopic (exact) mass is 511 g/mol. The molecule has 0 bridgehead atoms. The van der Waals surface area contributed by atoms with Crippen molar-refractivity contribution in [2.45, 2.75) is 12.8 Å². The van der Waals surface area contributed by atoms with E-state index in [4.69, 9.17) is 0 Å². The molecular weight excluding hydrogens is 486 g/mol. The number of nitrogens with zero attached hydrogens (tertiary/aromatic N) is 3. The lowest BCUT2D eigenvalue weighted by molar-refractivity contribution is 0.967. The van der Waals surface area contributed by atoms with Gasteiger partial charge in [0, 0.05) is 38.8 Å². The van der Waals surface area contributed by atoms with E-state index in [9.17, 15) is 5.26 Å². The van der Waals surface area contributed by atoms with Crippen LogP contribution in [-0.4, -0.2) is 9.13 Å². The fraction of sp³-hybridized carbons (Fsp3) is 0.0541. The highest BCUT2D eigenvalue weighted by atomic mass is 15.0. The summed E-state index contributed by atoms with van der Waals surface area (Å²) in [4.78, 5) is 0. The molecule has 0 N–H and O–H groups in total. The fourth-order valence-corrected chi connectivity index (χ4v) is 6.56. The largest absolute Gasteiger partial charge is 0.310 e. The van der Waals surface area contributed by atoms with Gasteiger partial charge < -0.3 is 9.13 Å². The maximum absolute atomic E-state index is 10.3. The van der Waals surface area contributed by atoms with E-state index >= 15 is 0 Å². The minimum absolute atomic E-state index is 0.694. The number of rotatable bonds is 3. The molecule has 0 radical (unpaired) electrons. The molecule has 0 fully saturated rings. The van der Waals surface area contributed by atoms with Gasteiger partial charge in [-0.25, -0.2) is 0 Å². The molecule has 0 saturated heterocycles. The fourth-order valence-electron chi connectivity index (χ4n) is 6.56. The van der Waals surface area contributed by atoms with Gasteiger partial charge in [-0.05, 0) is 84.6 Å². The van der Waals surface area contributed by atoms with Crippen LogP contribution in [-0.2, 0) is 6.42 Å². The van der Waals surface area contributed by atoms with Crippen LogP contribution < -0.4 is 0 Å². The Balaban J connectivity index is 1.46. The van der Waals surface area contributed by atoms with Gasteiger partial charge in [0.1, 0.15) is 0 Å². The molecule has 0 amide bonds. The molecule has 1 aliphatic rings. The van der Waals surface area contributed by atoms with Crippen molar-refractivity contribution < 1.29 is 0 Å². The molecule has 40 heavy (non-hydrogen) atoms. The second-order valence-electron chi connectivity index (χ2n) is 10.4. The Hall–Kier alpha value is -5.33. The van der Waals surface area contributed by atoms with Crippen LogP contribution in [0.25, 0.3) is 61.3 Å². The van der Waals surface area contributed by atoms with E-state index in [0.29, 0.717) is 5.56 Å². The number of hydrogen-bond donors (Lipinski definition) is 0. The zero-order chi connectivity index (χ0) is 26.6. The number of hydrogen-bond acceptors (Lipinski definition) is 1. The van der Waals surface area contributed by atoms with E-state index in [-0.39, 0.29) is 0 Å². The highest BCUT2D eigenvalue weighted by Gasteiger charge is 2.22. The summed E-state index contributed by atoms with van der Waals surface area (Å²) in [5.41, 5.74) is 11.1. The minimum Gasteiger partial charge on any atom is -0.310 e. The summed E-state index contributed by atoms with van der Waals surface area (Å²) >= 11 is 0. The normalized spacial score (nSPS) is 12.7. The number of nitriles is 1. The molecule has 1 aliphatic carbocycles. The lowest BCUT2D eigenvalue weighted by Gasteiger charge is -2.12. The Labute approximate surface area is 232 Å². The van der Waals surface area contributed by atoms with Gasteiger partial charge in [-0.3, -0.25) is 0 Å². The number of allylic oxidation sites excluding steroid dienone is 1. The third-order valence-corrected chi connectivity index (χ3v) is 8.23. The second-order valence-corrected chi connectivity index (χ2v) is 10.4. The number of para-hydroxylation sites is 3. The topological polar surface area (TPSA) is 33.6 Å². The summed E-state index contributed by atoms with van der Waals surface area (Å²) < 4.78 is 4.68. The third-order valence-electron chi connectivity index (χ3n) is 8.23. The van der Waals surface area contributed by atoms with Crippen LogP contribution in [0.4, 0.5) is 0 Å². The van der Waals surface area contributed by atoms with Crippen LogP contribution in [0.5, 0.6) is 0 Å².